The second-order valence-electron chi connectivity index (χ2n) is 7.41. The summed E-state index contributed by atoms with van der Waals surface area (Å²) in [5, 5.41) is 0. The summed E-state index contributed by atoms with van der Waals surface area (Å²) in [5.74, 6) is 3.93. The molecule has 2 fully saturated rings. The van der Waals surface area contributed by atoms with Crippen molar-refractivity contribution in [2.24, 2.45) is 35.0 Å². The topological polar surface area (TPSA) is 26.3 Å². The molecule has 19 heavy (non-hydrogen) atoms. The molecular formula is C17H26O2. The van der Waals surface area contributed by atoms with E-state index in [2.05, 4.69) is 26.8 Å². The van der Waals surface area contributed by atoms with Crippen molar-refractivity contribution in [3.63, 3.8) is 0 Å². The highest BCUT2D eigenvalue weighted by atomic mass is 16.5. The Labute approximate surface area is 116 Å². The van der Waals surface area contributed by atoms with Crippen molar-refractivity contribution in [1.82, 2.24) is 0 Å². The van der Waals surface area contributed by atoms with E-state index in [1.807, 2.05) is 0 Å². The summed E-state index contributed by atoms with van der Waals surface area (Å²) in [7, 11) is 0. The molecule has 5 atom stereocenters. The Hall–Kier alpha value is -0.790. The fourth-order valence-electron chi connectivity index (χ4n) is 5.39. The average molecular weight is 262 g/mol. The van der Waals surface area contributed by atoms with Crippen molar-refractivity contribution < 1.29 is 9.53 Å². The maximum atomic E-state index is 11.1. The highest BCUT2D eigenvalue weighted by Crippen LogP contribution is 2.71. The van der Waals surface area contributed by atoms with Gasteiger partial charge in [-0.05, 0) is 59.8 Å². The van der Waals surface area contributed by atoms with Crippen LogP contribution in [0.5, 0.6) is 0 Å². The lowest BCUT2D eigenvalue weighted by molar-refractivity contribution is -0.185. The third kappa shape index (κ3) is 1.79. The monoisotopic (exact) mass is 262 g/mol. The fraction of sp³-hybridized carbons (Fsp3) is 0.824. The van der Waals surface area contributed by atoms with Crippen LogP contribution >= 0.6 is 0 Å². The molecule has 0 N–H and O–H groups in total. The first-order chi connectivity index (χ1) is 8.95. The number of rotatable bonds is 3. The third-order valence-corrected chi connectivity index (χ3v) is 6.25. The lowest BCUT2D eigenvalue weighted by Gasteiger charge is -2.70. The maximum absolute atomic E-state index is 11.1. The highest BCUT2D eigenvalue weighted by Gasteiger charge is 2.65. The van der Waals surface area contributed by atoms with Crippen LogP contribution in [0.15, 0.2) is 11.6 Å². The SMILES string of the molecule is CC(=O)OCC1=CC[C@H]2[C@@H]3C(C(C)C)CC[C@@]2(C)[C@H]13. The van der Waals surface area contributed by atoms with E-state index in [4.69, 9.17) is 4.74 Å². The summed E-state index contributed by atoms with van der Waals surface area (Å²) in [6, 6.07) is 0. The van der Waals surface area contributed by atoms with Gasteiger partial charge in [0.1, 0.15) is 6.61 Å². The molecule has 4 bridgehead atoms. The van der Waals surface area contributed by atoms with Gasteiger partial charge in [0.15, 0.2) is 0 Å². The standard InChI is InChI=1S/C17H26O2/c1-10(2)13-7-8-17(4)14-6-5-12(9-19-11(3)18)16(17)15(13)14/h5,10,13-16H,6-9H2,1-4H3/t13?,14-,15-,16+,17+/m0/s1. The van der Waals surface area contributed by atoms with Gasteiger partial charge < -0.3 is 4.74 Å². The van der Waals surface area contributed by atoms with Crippen molar-refractivity contribution in [1.29, 1.82) is 0 Å². The van der Waals surface area contributed by atoms with E-state index >= 15 is 0 Å². The number of allylic oxidation sites excluding steroid dienone is 1. The number of ether oxygens (including phenoxy) is 1. The van der Waals surface area contributed by atoms with Gasteiger partial charge in [-0.15, -0.1) is 0 Å². The molecule has 4 rings (SSSR count). The minimum absolute atomic E-state index is 0.155. The summed E-state index contributed by atoms with van der Waals surface area (Å²) in [5.41, 5.74) is 1.91. The van der Waals surface area contributed by atoms with Crippen LogP contribution in [0.1, 0.15) is 47.0 Å². The van der Waals surface area contributed by atoms with Crippen LogP contribution in [-0.4, -0.2) is 12.6 Å². The van der Waals surface area contributed by atoms with Crippen molar-refractivity contribution in [2.45, 2.75) is 47.0 Å². The molecule has 0 aromatic rings. The predicted octanol–water partition coefficient (Wildman–Crippen LogP) is 3.81. The molecule has 0 heterocycles. The second-order valence-corrected chi connectivity index (χ2v) is 7.41. The van der Waals surface area contributed by atoms with Crippen molar-refractivity contribution in [2.75, 3.05) is 6.61 Å². The van der Waals surface area contributed by atoms with Crippen LogP contribution in [0.25, 0.3) is 0 Å². The van der Waals surface area contributed by atoms with E-state index in [-0.39, 0.29) is 5.97 Å². The fourth-order valence-corrected chi connectivity index (χ4v) is 5.39. The summed E-state index contributed by atoms with van der Waals surface area (Å²) >= 11 is 0. The molecule has 4 aliphatic rings. The Kier molecular flexibility index (Phi) is 3.03. The quantitative estimate of drug-likeness (QED) is 0.571. The molecule has 106 valence electrons. The minimum Gasteiger partial charge on any atom is -0.461 e. The molecule has 1 unspecified atom stereocenters. The Morgan fingerprint density at radius 1 is 1.53 bits per heavy atom. The lowest BCUT2D eigenvalue weighted by Crippen LogP contribution is -2.64. The van der Waals surface area contributed by atoms with Crippen LogP contribution in [0.4, 0.5) is 0 Å². The van der Waals surface area contributed by atoms with Crippen molar-refractivity contribution in [3.05, 3.63) is 11.6 Å². The molecule has 0 amide bonds. The number of esters is 1. The van der Waals surface area contributed by atoms with Gasteiger partial charge in [-0.2, -0.15) is 0 Å². The van der Waals surface area contributed by atoms with E-state index in [1.54, 1.807) is 0 Å². The molecule has 0 spiro atoms. The first kappa shape index (κ1) is 13.2. The van der Waals surface area contributed by atoms with Gasteiger partial charge in [-0.25, -0.2) is 0 Å². The molecule has 4 aliphatic carbocycles. The third-order valence-electron chi connectivity index (χ3n) is 6.25. The largest absolute Gasteiger partial charge is 0.461 e. The molecule has 0 saturated heterocycles. The van der Waals surface area contributed by atoms with E-state index in [1.165, 1.54) is 31.8 Å². The summed E-state index contributed by atoms with van der Waals surface area (Å²) in [6.45, 7) is 9.25. The van der Waals surface area contributed by atoms with Crippen LogP contribution in [0, 0.1) is 35.0 Å². The summed E-state index contributed by atoms with van der Waals surface area (Å²) in [6.07, 6.45) is 6.32. The van der Waals surface area contributed by atoms with Crippen LogP contribution < -0.4 is 0 Å². The van der Waals surface area contributed by atoms with Gasteiger partial charge in [0, 0.05) is 6.92 Å². The van der Waals surface area contributed by atoms with E-state index in [0.717, 1.165) is 23.7 Å². The van der Waals surface area contributed by atoms with Crippen molar-refractivity contribution >= 4 is 5.97 Å². The van der Waals surface area contributed by atoms with Crippen LogP contribution in [-0.2, 0) is 9.53 Å². The van der Waals surface area contributed by atoms with Crippen LogP contribution in [0.3, 0.4) is 0 Å². The van der Waals surface area contributed by atoms with Gasteiger partial charge in [-0.1, -0.05) is 26.8 Å². The summed E-state index contributed by atoms with van der Waals surface area (Å²) < 4.78 is 5.28. The molecule has 2 heteroatoms. The van der Waals surface area contributed by atoms with E-state index < -0.39 is 0 Å². The molecule has 0 radical (unpaired) electrons. The zero-order valence-electron chi connectivity index (χ0n) is 12.6. The molecule has 0 aromatic carbocycles. The number of hydrogen-bond acceptors (Lipinski definition) is 2. The molecular weight excluding hydrogens is 236 g/mol. The molecule has 0 aliphatic heterocycles. The zero-order valence-corrected chi connectivity index (χ0v) is 12.6. The number of carbonyl (C=O) groups is 1. The summed E-state index contributed by atoms with van der Waals surface area (Å²) in [4.78, 5) is 11.1. The zero-order chi connectivity index (χ0) is 13.8. The number of carbonyl (C=O) groups excluding carboxylic acids is 1. The molecule has 0 aromatic heterocycles. The molecule has 2 nitrogen and oxygen atoms in total. The van der Waals surface area contributed by atoms with E-state index in [9.17, 15) is 4.79 Å². The number of hydrogen-bond donors (Lipinski definition) is 0. The Balaban J connectivity index is 1.81. The Bertz CT molecular complexity index is 423. The van der Waals surface area contributed by atoms with Gasteiger partial charge in [0.05, 0.1) is 0 Å². The maximum Gasteiger partial charge on any atom is 0.302 e. The predicted molar refractivity (Wildman–Crippen MR) is 75.5 cm³/mol. The lowest BCUT2D eigenvalue weighted by atomic mass is 9.34. The van der Waals surface area contributed by atoms with Crippen molar-refractivity contribution in [3.8, 4) is 0 Å². The van der Waals surface area contributed by atoms with Gasteiger partial charge >= 0.3 is 5.97 Å². The smallest absolute Gasteiger partial charge is 0.302 e. The van der Waals surface area contributed by atoms with Gasteiger partial charge in [0.2, 0.25) is 0 Å². The Morgan fingerprint density at radius 2 is 2.26 bits per heavy atom. The highest BCUT2D eigenvalue weighted by molar-refractivity contribution is 5.66. The molecule has 2 saturated carbocycles. The normalized spacial score (nSPS) is 43.5. The first-order valence-corrected chi connectivity index (χ1v) is 7.77. The first-order valence-electron chi connectivity index (χ1n) is 7.77. The Morgan fingerprint density at radius 3 is 2.89 bits per heavy atom. The average Bonchev–Trinajstić information content (AvgIpc) is 2.36. The van der Waals surface area contributed by atoms with Gasteiger partial charge in [0.25, 0.3) is 0 Å². The van der Waals surface area contributed by atoms with E-state index in [0.29, 0.717) is 17.9 Å². The van der Waals surface area contributed by atoms with Crippen LogP contribution in [0.2, 0.25) is 0 Å². The number of fused-ring (bicyclic) bond motifs is 1. The van der Waals surface area contributed by atoms with Gasteiger partial charge in [-0.3, -0.25) is 4.79 Å². The second kappa shape index (κ2) is 4.36. The minimum atomic E-state index is -0.155.